The van der Waals surface area contributed by atoms with Crippen molar-refractivity contribution in [3.63, 3.8) is 0 Å². The van der Waals surface area contributed by atoms with E-state index in [1.165, 1.54) is 15.6 Å². The van der Waals surface area contributed by atoms with E-state index in [1.54, 1.807) is 16.2 Å². The molecule has 1 N–H and O–H groups in total. The van der Waals surface area contributed by atoms with Gasteiger partial charge in [0.05, 0.1) is 0 Å². The molecule has 0 spiro atoms. The van der Waals surface area contributed by atoms with E-state index in [0.29, 0.717) is 18.8 Å². The lowest BCUT2D eigenvalue weighted by molar-refractivity contribution is -0.168. The monoisotopic (exact) mass is 387 g/mol. The highest BCUT2D eigenvalue weighted by Crippen LogP contribution is 2.43. The van der Waals surface area contributed by atoms with Crippen LogP contribution in [-0.2, 0) is 14.3 Å². The fraction of sp³-hybridized carbons (Fsp3) is 0.476. The minimum Gasteiger partial charge on any atom is -0.459 e. The molecule has 1 saturated heterocycles. The molecule has 0 aliphatic carbocycles. The number of thiophene rings is 1. The summed E-state index contributed by atoms with van der Waals surface area (Å²) in [5.74, 6) is 0.425. The lowest BCUT2D eigenvalue weighted by atomic mass is 9.80. The molecular formula is C21H25NO4S. The van der Waals surface area contributed by atoms with E-state index in [0.717, 1.165) is 19.5 Å². The largest absolute Gasteiger partial charge is 0.459 e. The number of carbonyl (C=O) groups excluding carboxylic acids is 1. The Bertz CT molecular complexity index is 842. The van der Waals surface area contributed by atoms with Crippen LogP contribution in [0.3, 0.4) is 0 Å². The molecule has 1 amide bonds. The van der Waals surface area contributed by atoms with Crippen LogP contribution in [0.5, 0.6) is 0 Å². The number of aliphatic hydroxyl groups excluding tert-OH is 1. The maximum Gasteiger partial charge on any atom is 0.288 e. The van der Waals surface area contributed by atoms with E-state index >= 15 is 0 Å². The molecular weight excluding hydrogens is 362 g/mol. The zero-order valence-electron chi connectivity index (χ0n) is 15.5. The van der Waals surface area contributed by atoms with Gasteiger partial charge in [-0.2, -0.15) is 0 Å². The fourth-order valence-electron chi connectivity index (χ4n) is 3.78. The van der Waals surface area contributed by atoms with E-state index in [2.05, 4.69) is 17.5 Å². The van der Waals surface area contributed by atoms with Gasteiger partial charge < -0.3 is 19.5 Å². The third-order valence-electron chi connectivity index (χ3n) is 5.23. The Morgan fingerprint density at radius 1 is 1.37 bits per heavy atom. The molecule has 27 heavy (non-hydrogen) atoms. The van der Waals surface area contributed by atoms with E-state index in [1.807, 2.05) is 25.1 Å². The highest BCUT2D eigenvalue weighted by atomic mass is 32.1. The topological polar surface area (TPSA) is 58.8 Å². The first-order chi connectivity index (χ1) is 13.2. The molecule has 1 aromatic heterocycles. The molecule has 2 aliphatic heterocycles. The Balaban J connectivity index is 1.76. The van der Waals surface area contributed by atoms with E-state index in [-0.39, 0.29) is 24.3 Å². The predicted molar refractivity (Wildman–Crippen MR) is 106 cm³/mol. The third-order valence-corrected chi connectivity index (χ3v) is 6.21. The highest BCUT2D eigenvalue weighted by molar-refractivity contribution is 7.17. The first kappa shape index (κ1) is 18.5. The van der Waals surface area contributed by atoms with Gasteiger partial charge in [-0.05, 0) is 48.2 Å². The van der Waals surface area contributed by atoms with Gasteiger partial charge in [-0.15, -0.1) is 11.3 Å². The minimum absolute atomic E-state index is 0.0249. The fourth-order valence-corrected chi connectivity index (χ4v) is 4.79. The van der Waals surface area contributed by atoms with Gasteiger partial charge in [0.25, 0.3) is 5.91 Å². The van der Waals surface area contributed by atoms with Crippen LogP contribution in [0.2, 0.25) is 0 Å². The quantitative estimate of drug-likeness (QED) is 0.739. The maximum atomic E-state index is 12.6. The predicted octanol–water partition coefficient (Wildman–Crippen LogP) is 3.49. The summed E-state index contributed by atoms with van der Waals surface area (Å²) in [5, 5.41) is 12.8. The van der Waals surface area contributed by atoms with Crippen LogP contribution in [0.1, 0.15) is 31.2 Å². The van der Waals surface area contributed by atoms with Gasteiger partial charge in [-0.3, -0.25) is 4.79 Å². The van der Waals surface area contributed by atoms with E-state index < -0.39 is 6.29 Å². The first-order valence-electron chi connectivity index (χ1n) is 9.59. The highest BCUT2D eigenvalue weighted by Gasteiger charge is 2.40. The molecule has 144 valence electrons. The van der Waals surface area contributed by atoms with Crippen LogP contribution < -0.4 is 0 Å². The number of hydrogen-bond acceptors (Lipinski definition) is 5. The number of hydrogen-bond donors (Lipinski definition) is 1. The molecule has 3 atom stereocenters. The van der Waals surface area contributed by atoms with Crippen LogP contribution in [0.4, 0.5) is 0 Å². The number of rotatable bonds is 7. The number of carbonyl (C=O) groups is 1. The summed E-state index contributed by atoms with van der Waals surface area (Å²) in [4.78, 5) is 14.4. The summed E-state index contributed by atoms with van der Waals surface area (Å²) in [6, 6.07) is 8.35. The summed E-state index contributed by atoms with van der Waals surface area (Å²) in [7, 11) is 0. The lowest BCUT2D eigenvalue weighted by Gasteiger charge is -2.37. The molecule has 1 aromatic carbocycles. The van der Waals surface area contributed by atoms with Crippen molar-refractivity contribution >= 4 is 27.3 Å². The number of fused-ring (bicyclic) bond motifs is 1. The Kier molecular flexibility index (Phi) is 5.48. The van der Waals surface area contributed by atoms with Gasteiger partial charge in [-0.1, -0.05) is 18.2 Å². The number of aliphatic hydroxyl groups is 1. The number of benzene rings is 1. The molecule has 4 rings (SSSR count). The van der Waals surface area contributed by atoms with E-state index in [9.17, 15) is 9.90 Å². The third kappa shape index (κ3) is 3.74. The summed E-state index contributed by atoms with van der Waals surface area (Å²) < 4.78 is 13.1. The average molecular weight is 388 g/mol. The summed E-state index contributed by atoms with van der Waals surface area (Å²) in [6.07, 6.45) is 2.96. The number of ether oxygens (including phenoxy) is 2. The van der Waals surface area contributed by atoms with Gasteiger partial charge in [0.2, 0.25) is 6.29 Å². The second kappa shape index (κ2) is 8.00. The van der Waals surface area contributed by atoms with Crippen molar-refractivity contribution < 1.29 is 19.4 Å². The van der Waals surface area contributed by atoms with Crippen molar-refractivity contribution in [2.45, 2.75) is 32.0 Å². The molecule has 3 heterocycles. The van der Waals surface area contributed by atoms with Crippen LogP contribution in [0.25, 0.3) is 10.1 Å². The molecule has 6 heteroatoms. The Morgan fingerprint density at radius 3 is 2.93 bits per heavy atom. The summed E-state index contributed by atoms with van der Waals surface area (Å²) >= 11 is 1.72. The normalized spacial score (nSPS) is 24.6. The van der Waals surface area contributed by atoms with Crippen LogP contribution in [0, 0.1) is 5.92 Å². The standard InChI is InChI=1S/C21H25NO4S/c1-2-25-21-15(7-5-11-23)16(12-18(26-21)20(24)22-9-10-22)17-13-27-19-8-4-3-6-14(17)19/h3-4,6,8,12-13,15-16,21,23H,2,5,7,9-11H2,1H3/t15-,16+,21-/m1/s1. The van der Waals surface area contributed by atoms with Crippen LogP contribution in [-0.4, -0.2) is 48.5 Å². The maximum absolute atomic E-state index is 12.6. The van der Waals surface area contributed by atoms with Gasteiger partial charge in [0.15, 0.2) is 5.76 Å². The van der Waals surface area contributed by atoms with Crippen molar-refractivity contribution in [2.75, 3.05) is 26.3 Å². The lowest BCUT2D eigenvalue weighted by Crippen LogP contribution is -2.37. The molecule has 5 nitrogen and oxygen atoms in total. The molecule has 0 unspecified atom stereocenters. The average Bonchev–Trinajstić information content (AvgIpc) is 3.45. The van der Waals surface area contributed by atoms with Gasteiger partial charge in [-0.25, -0.2) is 0 Å². The smallest absolute Gasteiger partial charge is 0.288 e. The van der Waals surface area contributed by atoms with Gasteiger partial charge >= 0.3 is 0 Å². The minimum atomic E-state index is -0.478. The SMILES string of the molecule is CCO[C@@H]1OC(C(=O)N2CC2)=C[C@H](c2csc3ccccc23)[C@H]1CCCO. The summed E-state index contributed by atoms with van der Waals surface area (Å²) in [5.41, 5.74) is 1.21. The molecule has 2 aliphatic rings. The molecule has 2 aromatic rings. The molecule has 0 radical (unpaired) electrons. The van der Waals surface area contributed by atoms with Crippen LogP contribution in [0.15, 0.2) is 41.5 Å². The van der Waals surface area contributed by atoms with Crippen molar-refractivity contribution in [3.8, 4) is 0 Å². The number of allylic oxidation sites excluding steroid dienone is 1. The zero-order valence-corrected chi connectivity index (χ0v) is 16.3. The first-order valence-corrected chi connectivity index (χ1v) is 10.5. The summed E-state index contributed by atoms with van der Waals surface area (Å²) in [6.45, 7) is 4.17. The van der Waals surface area contributed by atoms with Gasteiger partial charge in [0.1, 0.15) is 0 Å². The van der Waals surface area contributed by atoms with Crippen molar-refractivity contribution in [1.82, 2.24) is 4.90 Å². The van der Waals surface area contributed by atoms with Crippen molar-refractivity contribution in [2.24, 2.45) is 5.92 Å². The molecule has 0 saturated carbocycles. The Morgan fingerprint density at radius 2 is 2.19 bits per heavy atom. The van der Waals surface area contributed by atoms with Gasteiger partial charge in [0, 0.05) is 42.8 Å². The number of nitrogens with zero attached hydrogens (tertiary/aromatic N) is 1. The molecule has 1 fully saturated rings. The Hall–Kier alpha value is -1.89. The van der Waals surface area contributed by atoms with E-state index in [4.69, 9.17) is 9.47 Å². The zero-order chi connectivity index (χ0) is 18.8. The Labute approximate surface area is 163 Å². The number of amides is 1. The van der Waals surface area contributed by atoms with Crippen molar-refractivity contribution in [1.29, 1.82) is 0 Å². The van der Waals surface area contributed by atoms with Crippen LogP contribution >= 0.6 is 11.3 Å². The second-order valence-corrected chi connectivity index (χ2v) is 7.92. The second-order valence-electron chi connectivity index (χ2n) is 7.01. The van der Waals surface area contributed by atoms with Crippen molar-refractivity contribution in [3.05, 3.63) is 47.0 Å². The molecule has 0 bridgehead atoms.